The third kappa shape index (κ3) is 4.22. The number of halogens is 3. The van der Waals surface area contributed by atoms with Crippen LogP contribution in [0, 0.1) is 17.5 Å². The number of carbonyl (C=O) groups is 1. The van der Waals surface area contributed by atoms with Crippen LogP contribution in [0.4, 0.5) is 13.2 Å². The smallest absolute Gasteiger partial charge is 0.244 e. The van der Waals surface area contributed by atoms with Gasteiger partial charge >= 0.3 is 0 Å². The zero-order valence-corrected chi connectivity index (χ0v) is 11.8. The van der Waals surface area contributed by atoms with Gasteiger partial charge in [0.25, 0.3) is 0 Å². The van der Waals surface area contributed by atoms with E-state index in [-0.39, 0.29) is 11.4 Å². The van der Waals surface area contributed by atoms with Crippen molar-refractivity contribution in [2.75, 3.05) is 0 Å². The zero-order valence-electron chi connectivity index (χ0n) is 11.8. The number of amides is 1. The van der Waals surface area contributed by atoms with Gasteiger partial charge < -0.3 is 5.32 Å². The fourth-order valence-corrected chi connectivity index (χ4v) is 1.94. The summed E-state index contributed by atoms with van der Waals surface area (Å²) in [5.41, 5.74) is 0.863. The van der Waals surface area contributed by atoms with E-state index >= 15 is 0 Å². The van der Waals surface area contributed by atoms with Crippen molar-refractivity contribution in [2.24, 2.45) is 0 Å². The molecule has 114 valence electrons. The van der Waals surface area contributed by atoms with Crippen LogP contribution in [-0.4, -0.2) is 5.91 Å². The van der Waals surface area contributed by atoms with Crippen molar-refractivity contribution >= 4 is 12.0 Å². The van der Waals surface area contributed by atoms with Crippen LogP contribution in [0.15, 0.2) is 48.5 Å². The second-order valence-electron chi connectivity index (χ2n) is 4.78. The van der Waals surface area contributed by atoms with E-state index < -0.39 is 23.6 Å². The maximum absolute atomic E-state index is 13.6. The first-order valence-corrected chi connectivity index (χ1v) is 6.65. The number of rotatable bonds is 4. The highest BCUT2D eigenvalue weighted by Crippen LogP contribution is 2.17. The summed E-state index contributed by atoms with van der Waals surface area (Å²) in [5.74, 6) is -2.17. The molecule has 0 spiro atoms. The minimum Gasteiger partial charge on any atom is -0.346 e. The van der Waals surface area contributed by atoms with Crippen LogP contribution in [0.5, 0.6) is 0 Å². The molecule has 2 aromatic rings. The summed E-state index contributed by atoms with van der Waals surface area (Å²) in [6, 6.07) is 8.22. The van der Waals surface area contributed by atoms with Crippen LogP contribution in [0.1, 0.15) is 24.1 Å². The van der Waals surface area contributed by atoms with Crippen LogP contribution < -0.4 is 5.32 Å². The molecule has 0 aromatic heterocycles. The fraction of sp³-hybridized carbons (Fsp3) is 0.118. The average molecular weight is 305 g/mol. The Morgan fingerprint density at radius 3 is 2.32 bits per heavy atom. The molecule has 1 amide bonds. The summed E-state index contributed by atoms with van der Waals surface area (Å²) >= 11 is 0. The minimum absolute atomic E-state index is 0.199. The van der Waals surface area contributed by atoms with Crippen LogP contribution in [-0.2, 0) is 4.79 Å². The Kier molecular flexibility index (Phi) is 4.99. The van der Waals surface area contributed by atoms with Crippen LogP contribution in [0.3, 0.4) is 0 Å². The normalized spacial score (nSPS) is 12.4. The molecule has 0 aliphatic carbocycles. The SMILES string of the molecule is C[C@@H](NC(=O)/C=C/c1ccc(F)cc1)c1ccc(F)cc1F. The van der Waals surface area contributed by atoms with E-state index in [1.165, 1.54) is 42.5 Å². The Hall–Kier alpha value is -2.56. The molecule has 1 atom stereocenters. The van der Waals surface area contributed by atoms with E-state index in [4.69, 9.17) is 0 Å². The predicted octanol–water partition coefficient (Wildman–Crippen LogP) is 3.99. The molecule has 22 heavy (non-hydrogen) atoms. The van der Waals surface area contributed by atoms with Crippen LogP contribution in [0.2, 0.25) is 0 Å². The van der Waals surface area contributed by atoms with Crippen molar-refractivity contribution in [2.45, 2.75) is 13.0 Å². The molecule has 2 rings (SSSR count). The molecule has 0 bridgehead atoms. The number of nitrogens with one attached hydrogen (secondary N) is 1. The largest absolute Gasteiger partial charge is 0.346 e. The Morgan fingerprint density at radius 2 is 1.68 bits per heavy atom. The Bertz CT molecular complexity index is 696. The molecule has 0 saturated heterocycles. The summed E-state index contributed by atoms with van der Waals surface area (Å²) in [7, 11) is 0. The van der Waals surface area contributed by atoms with Gasteiger partial charge in [-0.3, -0.25) is 4.79 Å². The molecule has 0 heterocycles. The topological polar surface area (TPSA) is 29.1 Å². The van der Waals surface area contributed by atoms with Gasteiger partial charge in [-0.1, -0.05) is 18.2 Å². The first kappa shape index (κ1) is 15.8. The van der Waals surface area contributed by atoms with Crippen molar-refractivity contribution in [3.63, 3.8) is 0 Å². The Balaban J connectivity index is 2.00. The van der Waals surface area contributed by atoms with Gasteiger partial charge in [-0.05, 0) is 36.8 Å². The standard InChI is InChI=1S/C17H14F3NO/c1-11(15-8-7-14(19)10-16(15)20)21-17(22)9-4-12-2-5-13(18)6-3-12/h2-11H,1H3,(H,21,22)/b9-4+/t11-/m1/s1. The fourth-order valence-electron chi connectivity index (χ4n) is 1.94. The average Bonchev–Trinajstić information content (AvgIpc) is 2.46. The van der Waals surface area contributed by atoms with Gasteiger partial charge in [-0.25, -0.2) is 13.2 Å². The van der Waals surface area contributed by atoms with Gasteiger partial charge in [0.05, 0.1) is 6.04 Å². The summed E-state index contributed by atoms with van der Waals surface area (Å²) in [4.78, 5) is 11.8. The molecular weight excluding hydrogens is 291 g/mol. The number of hydrogen-bond acceptors (Lipinski definition) is 1. The lowest BCUT2D eigenvalue weighted by molar-refractivity contribution is -0.117. The number of benzene rings is 2. The second kappa shape index (κ2) is 6.93. The molecule has 0 unspecified atom stereocenters. The van der Waals surface area contributed by atoms with Crippen molar-refractivity contribution in [1.82, 2.24) is 5.32 Å². The summed E-state index contributed by atoms with van der Waals surface area (Å²) < 4.78 is 39.2. The van der Waals surface area contributed by atoms with Gasteiger partial charge in [0.15, 0.2) is 0 Å². The zero-order chi connectivity index (χ0) is 16.1. The highest BCUT2D eigenvalue weighted by molar-refractivity contribution is 5.91. The van der Waals surface area contributed by atoms with E-state index in [1.54, 1.807) is 6.92 Å². The molecule has 0 saturated carbocycles. The first-order valence-electron chi connectivity index (χ1n) is 6.65. The van der Waals surface area contributed by atoms with Crippen molar-refractivity contribution in [3.8, 4) is 0 Å². The Morgan fingerprint density at radius 1 is 1.05 bits per heavy atom. The maximum atomic E-state index is 13.6. The lowest BCUT2D eigenvalue weighted by Gasteiger charge is -2.13. The third-order valence-corrected chi connectivity index (χ3v) is 3.08. The van der Waals surface area contributed by atoms with Gasteiger partial charge in [0.2, 0.25) is 5.91 Å². The van der Waals surface area contributed by atoms with Gasteiger partial charge in [0.1, 0.15) is 17.5 Å². The van der Waals surface area contributed by atoms with E-state index in [1.807, 2.05) is 0 Å². The Labute approximate surface area is 126 Å². The van der Waals surface area contributed by atoms with Crippen molar-refractivity contribution in [1.29, 1.82) is 0 Å². The third-order valence-electron chi connectivity index (χ3n) is 3.08. The first-order chi connectivity index (χ1) is 10.5. The van der Waals surface area contributed by atoms with Gasteiger partial charge in [0, 0.05) is 17.7 Å². The van der Waals surface area contributed by atoms with E-state index in [0.29, 0.717) is 5.56 Å². The predicted molar refractivity (Wildman–Crippen MR) is 78.3 cm³/mol. The van der Waals surface area contributed by atoms with Crippen LogP contribution in [0.25, 0.3) is 6.08 Å². The molecule has 1 N–H and O–H groups in total. The second-order valence-corrected chi connectivity index (χ2v) is 4.78. The minimum atomic E-state index is -0.713. The van der Waals surface area contributed by atoms with Crippen molar-refractivity contribution in [3.05, 3.63) is 77.1 Å². The molecule has 0 aliphatic heterocycles. The molecule has 0 fully saturated rings. The van der Waals surface area contributed by atoms with E-state index in [9.17, 15) is 18.0 Å². The van der Waals surface area contributed by atoms with Gasteiger partial charge in [-0.15, -0.1) is 0 Å². The van der Waals surface area contributed by atoms with E-state index in [0.717, 1.165) is 12.1 Å². The molecule has 0 aliphatic rings. The number of carbonyl (C=O) groups excluding carboxylic acids is 1. The molecule has 2 aromatic carbocycles. The summed E-state index contributed by atoms with van der Waals surface area (Å²) in [6.07, 6.45) is 2.79. The lowest BCUT2D eigenvalue weighted by atomic mass is 10.1. The molecule has 5 heteroatoms. The lowest BCUT2D eigenvalue weighted by Crippen LogP contribution is -2.25. The van der Waals surface area contributed by atoms with Crippen molar-refractivity contribution < 1.29 is 18.0 Å². The summed E-state index contributed by atoms with van der Waals surface area (Å²) in [6.45, 7) is 1.60. The molecular formula is C17H14F3NO. The van der Waals surface area contributed by atoms with Crippen LogP contribution >= 0.6 is 0 Å². The van der Waals surface area contributed by atoms with Gasteiger partial charge in [-0.2, -0.15) is 0 Å². The maximum Gasteiger partial charge on any atom is 0.244 e. The van der Waals surface area contributed by atoms with E-state index in [2.05, 4.69) is 5.32 Å². The highest BCUT2D eigenvalue weighted by Gasteiger charge is 2.12. The quantitative estimate of drug-likeness (QED) is 0.850. The molecule has 0 radical (unpaired) electrons. The number of hydrogen-bond donors (Lipinski definition) is 1. The highest BCUT2D eigenvalue weighted by atomic mass is 19.1. The summed E-state index contributed by atoms with van der Waals surface area (Å²) in [5, 5.41) is 2.58. The monoisotopic (exact) mass is 305 g/mol. The molecule has 2 nitrogen and oxygen atoms in total.